The molecule has 4 aromatic rings. The molecule has 4 aliphatic rings. The van der Waals surface area contributed by atoms with Gasteiger partial charge in [0.05, 0.1) is 23.0 Å². The normalized spacial score (nSPS) is 24.1. The lowest BCUT2D eigenvalue weighted by atomic mass is 9.95. The molecule has 1 amide bonds. The first-order valence-electron chi connectivity index (χ1n) is 21.2. The Morgan fingerprint density at radius 3 is 2.39 bits per heavy atom. The predicted octanol–water partition coefficient (Wildman–Crippen LogP) is 9.53. The minimum atomic E-state index is -1.90. The van der Waals surface area contributed by atoms with Crippen molar-refractivity contribution in [1.29, 1.82) is 0 Å². The van der Waals surface area contributed by atoms with Gasteiger partial charge in [0, 0.05) is 37.5 Å². The van der Waals surface area contributed by atoms with E-state index in [0.29, 0.717) is 36.9 Å². The first-order valence-corrected chi connectivity index (χ1v) is 24.1. The molecule has 12 heteroatoms. The maximum absolute atomic E-state index is 17.3. The van der Waals surface area contributed by atoms with Crippen molar-refractivity contribution in [2.75, 3.05) is 37.7 Å². The zero-order valence-electron chi connectivity index (χ0n) is 35.5. The summed E-state index contributed by atoms with van der Waals surface area (Å²) in [5, 5.41) is 2.74. The number of nitrogens with zero attached hydrogens (tertiary/aromatic N) is 6. The topological polar surface area (TPSA) is 93.2 Å². The minimum Gasteiger partial charge on any atom is -0.461 e. The highest BCUT2D eigenvalue weighted by atomic mass is 28.4. The maximum atomic E-state index is 17.3. The highest BCUT2D eigenvalue weighted by molar-refractivity contribution is 6.74. The predicted molar refractivity (Wildman–Crippen MR) is 227 cm³/mol. The first-order chi connectivity index (χ1) is 27.0. The second-order valence-corrected chi connectivity index (χ2v) is 24.2. The summed E-state index contributed by atoms with van der Waals surface area (Å²) in [5.41, 5.74) is 1.62. The van der Waals surface area contributed by atoms with E-state index >= 15 is 4.39 Å². The van der Waals surface area contributed by atoms with Crippen LogP contribution in [0.3, 0.4) is 0 Å². The smallest absolute Gasteiger partial charge is 0.410 e. The Morgan fingerprint density at radius 2 is 1.70 bits per heavy atom. The lowest BCUT2D eigenvalue weighted by Crippen LogP contribution is -2.57. The van der Waals surface area contributed by atoms with E-state index < -0.39 is 19.7 Å². The molecule has 57 heavy (non-hydrogen) atoms. The van der Waals surface area contributed by atoms with Crippen LogP contribution in [-0.4, -0.2) is 101 Å². The van der Waals surface area contributed by atoms with Gasteiger partial charge in [-0.1, -0.05) is 64.1 Å². The Bertz CT molecular complexity index is 2150. The summed E-state index contributed by atoms with van der Waals surface area (Å²) in [6, 6.07) is 12.6. The molecule has 0 aliphatic carbocycles. The number of rotatable bonds is 9. The van der Waals surface area contributed by atoms with Crippen LogP contribution in [0.2, 0.25) is 18.1 Å². The number of hydrogen-bond donors (Lipinski definition) is 0. The van der Waals surface area contributed by atoms with Crippen LogP contribution in [0.25, 0.3) is 32.9 Å². The Balaban J connectivity index is 1.14. The third-order valence-electron chi connectivity index (χ3n) is 13.6. The van der Waals surface area contributed by atoms with Gasteiger partial charge in [0.25, 0.3) is 0 Å². The molecule has 0 N–H and O–H groups in total. The molecule has 306 valence electrons. The summed E-state index contributed by atoms with van der Waals surface area (Å²) in [6.45, 7) is 22.6. The molecule has 4 fully saturated rings. The number of anilines is 1. The van der Waals surface area contributed by atoms with E-state index in [9.17, 15) is 4.79 Å². The molecule has 8 rings (SSSR count). The van der Waals surface area contributed by atoms with Crippen LogP contribution in [-0.2, 0) is 15.6 Å². The fourth-order valence-electron chi connectivity index (χ4n) is 9.62. The fourth-order valence-corrected chi connectivity index (χ4v) is 10.7. The van der Waals surface area contributed by atoms with E-state index in [2.05, 4.69) is 68.8 Å². The number of ether oxygens (including phenoxy) is 2. The standard InChI is InChI=1S/C45H61FN6O4Si/c1-10-29-14-11-15-30-16-12-17-34(36(29)30)38-37(46)39-35(24-47-38)40(50-25-31-18-19-32(26-50)52(31)42(53)56-43(2,3)4)49-41(48-39)54-28-45-21-13-23-51(45)33(20-22-45)27-55-57(8,9)44(5,6)7/h11-12,14-17,24,31-33H,10,13,18-23,25-28H2,1-9H3/t31?,32?,33-,45-/m1/s1. The van der Waals surface area contributed by atoms with Gasteiger partial charge in [-0.2, -0.15) is 9.97 Å². The minimum absolute atomic E-state index is 0.0527. The van der Waals surface area contributed by atoms with Crippen molar-refractivity contribution in [2.45, 2.75) is 141 Å². The molecule has 0 saturated carbocycles. The van der Waals surface area contributed by atoms with Crippen molar-refractivity contribution in [3.63, 3.8) is 0 Å². The number of fused-ring (bicyclic) bond motifs is 5. The van der Waals surface area contributed by atoms with E-state index in [0.717, 1.165) is 80.0 Å². The van der Waals surface area contributed by atoms with Crippen molar-refractivity contribution in [2.24, 2.45) is 0 Å². The van der Waals surface area contributed by atoms with Crippen molar-refractivity contribution in [3.8, 4) is 17.3 Å². The molecule has 0 spiro atoms. The molecule has 6 heterocycles. The van der Waals surface area contributed by atoms with Crippen LogP contribution in [0, 0.1) is 5.82 Å². The van der Waals surface area contributed by atoms with Gasteiger partial charge in [-0.25, -0.2) is 9.18 Å². The second kappa shape index (κ2) is 14.7. The van der Waals surface area contributed by atoms with E-state index in [-0.39, 0.29) is 46.0 Å². The van der Waals surface area contributed by atoms with E-state index in [1.54, 1.807) is 6.20 Å². The number of carbonyl (C=O) groups excluding carboxylic acids is 1. The SMILES string of the molecule is CCc1cccc2cccc(-c3ncc4c(N5CC6CCC(C5)N6C(=O)OC(C)(C)C)nc(OC[C@]56CCCN5[C@@H](CO[Si](C)(C)C(C)(C)C)CC6)nc4c3F)c12. The van der Waals surface area contributed by atoms with Gasteiger partial charge in [-0.15, -0.1) is 0 Å². The molecule has 0 radical (unpaired) electrons. The quantitative estimate of drug-likeness (QED) is 0.154. The molecule has 2 aromatic heterocycles. The maximum Gasteiger partial charge on any atom is 0.410 e. The number of aryl methyl sites for hydroxylation is 1. The number of benzene rings is 2. The van der Waals surface area contributed by atoms with Gasteiger partial charge in [0.1, 0.15) is 29.2 Å². The van der Waals surface area contributed by atoms with Gasteiger partial charge in [-0.3, -0.25) is 14.8 Å². The zero-order chi connectivity index (χ0) is 40.5. The number of hydrogen-bond acceptors (Lipinski definition) is 9. The Hall–Kier alpha value is -3.87. The van der Waals surface area contributed by atoms with Gasteiger partial charge in [-0.05, 0) is 107 Å². The molecule has 2 aromatic carbocycles. The second-order valence-electron chi connectivity index (χ2n) is 19.4. The van der Waals surface area contributed by atoms with Gasteiger partial charge < -0.3 is 18.8 Å². The number of halogens is 1. The van der Waals surface area contributed by atoms with E-state index in [4.69, 9.17) is 28.9 Å². The van der Waals surface area contributed by atoms with Crippen LogP contribution in [0.4, 0.5) is 15.0 Å². The van der Waals surface area contributed by atoms with E-state index in [1.165, 1.54) is 0 Å². The number of amides is 1. The van der Waals surface area contributed by atoms with Crippen LogP contribution in [0.5, 0.6) is 6.01 Å². The summed E-state index contributed by atoms with van der Waals surface area (Å²) >= 11 is 0. The van der Waals surface area contributed by atoms with Crippen molar-refractivity contribution >= 4 is 41.9 Å². The number of piperazine rings is 1. The number of aromatic nitrogens is 3. The average Bonchev–Trinajstić information content (AvgIpc) is 3.81. The highest BCUT2D eigenvalue weighted by Crippen LogP contribution is 2.45. The summed E-state index contributed by atoms with van der Waals surface area (Å²) in [7, 11) is -1.90. The van der Waals surface area contributed by atoms with Crippen LogP contribution in [0.1, 0.15) is 92.6 Å². The summed E-state index contributed by atoms with van der Waals surface area (Å²) in [6.07, 6.45) is 8.18. The lowest BCUT2D eigenvalue weighted by molar-refractivity contribution is 0.0122. The van der Waals surface area contributed by atoms with Crippen LogP contribution in [0.15, 0.2) is 42.6 Å². The third-order valence-corrected chi connectivity index (χ3v) is 18.1. The molecule has 2 bridgehead atoms. The molecule has 4 aliphatic heterocycles. The lowest BCUT2D eigenvalue weighted by Gasteiger charge is -2.42. The van der Waals surface area contributed by atoms with Gasteiger partial charge in [0.15, 0.2) is 14.1 Å². The molecule has 4 atom stereocenters. The molecule has 4 saturated heterocycles. The number of pyridine rings is 1. The number of carbonyl (C=O) groups is 1. The Kier molecular flexibility index (Phi) is 10.3. The van der Waals surface area contributed by atoms with E-state index in [1.807, 2.05) is 43.9 Å². The largest absolute Gasteiger partial charge is 0.461 e. The first kappa shape index (κ1) is 39.9. The molecule has 10 nitrogen and oxygen atoms in total. The van der Waals surface area contributed by atoms with Crippen LogP contribution < -0.4 is 9.64 Å². The monoisotopic (exact) mass is 796 g/mol. The van der Waals surface area contributed by atoms with Crippen molar-refractivity contribution in [1.82, 2.24) is 24.8 Å². The van der Waals surface area contributed by atoms with Gasteiger partial charge in [0.2, 0.25) is 0 Å². The zero-order valence-corrected chi connectivity index (χ0v) is 36.5. The molecular weight excluding hydrogens is 736 g/mol. The Labute approximate surface area is 338 Å². The molecular formula is C45H61FN6O4Si. The summed E-state index contributed by atoms with van der Waals surface area (Å²) in [5.74, 6) is 0.104. The fraction of sp³-hybridized carbons (Fsp3) is 0.600. The summed E-state index contributed by atoms with van der Waals surface area (Å²) < 4.78 is 36.5. The molecule has 2 unspecified atom stereocenters. The third kappa shape index (κ3) is 7.39. The Morgan fingerprint density at radius 1 is 0.982 bits per heavy atom. The van der Waals surface area contributed by atoms with Gasteiger partial charge >= 0.3 is 12.1 Å². The summed E-state index contributed by atoms with van der Waals surface area (Å²) in [4.78, 5) is 34.8. The van der Waals surface area contributed by atoms with Crippen LogP contribution >= 0.6 is 0 Å². The van der Waals surface area contributed by atoms with Crippen molar-refractivity contribution in [3.05, 3.63) is 54.0 Å². The van der Waals surface area contributed by atoms with Crippen molar-refractivity contribution < 1.29 is 23.1 Å². The highest BCUT2D eigenvalue weighted by Gasteiger charge is 2.51. The average molecular weight is 797 g/mol.